The maximum Gasteiger partial charge on any atom is 0.261 e. The van der Waals surface area contributed by atoms with Crippen LogP contribution in [0.2, 0.25) is 0 Å². The first-order valence-corrected chi connectivity index (χ1v) is 12.2. The van der Waals surface area contributed by atoms with Crippen molar-refractivity contribution in [1.29, 1.82) is 0 Å². The van der Waals surface area contributed by atoms with Crippen molar-refractivity contribution < 1.29 is 8.42 Å². The summed E-state index contributed by atoms with van der Waals surface area (Å²) >= 11 is 0. The highest BCUT2D eigenvalue weighted by atomic mass is 32.2. The molecule has 6 heteroatoms. The Bertz CT molecular complexity index is 896. The van der Waals surface area contributed by atoms with E-state index in [0.29, 0.717) is 16.5 Å². The van der Waals surface area contributed by atoms with Crippen LogP contribution < -0.4 is 9.62 Å². The zero-order valence-corrected chi connectivity index (χ0v) is 18.0. The first kappa shape index (κ1) is 20.2. The van der Waals surface area contributed by atoms with Crippen LogP contribution in [0.15, 0.2) is 53.4 Å². The fourth-order valence-electron chi connectivity index (χ4n) is 4.37. The Morgan fingerprint density at radius 2 is 1.45 bits per heavy atom. The number of nitrogens with zero attached hydrogens (tertiary/aromatic N) is 2. The van der Waals surface area contributed by atoms with E-state index in [-0.39, 0.29) is 0 Å². The highest BCUT2D eigenvalue weighted by Gasteiger charge is 2.19. The van der Waals surface area contributed by atoms with Crippen molar-refractivity contribution in [2.24, 2.45) is 0 Å². The van der Waals surface area contributed by atoms with Crippen LogP contribution in [0.5, 0.6) is 0 Å². The van der Waals surface area contributed by atoms with Gasteiger partial charge in [-0.1, -0.05) is 31.4 Å². The molecule has 1 saturated heterocycles. The van der Waals surface area contributed by atoms with Gasteiger partial charge < -0.3 is 9.80 Å². The predicted octanol–water partition coefficient (Wildman–Crippen LogP) is 4.29. The number of sulfonamides is 1. The minimum Gasteiger partial charge on any atom is -0.369 e. The number of anilines is 2. The first-order chi connectivity index (χ1) is 14.0. The first-order valence-electron chi connectivity index (χ1n) is 10.7. The Kier molecular flexibility index (Phi) is 6.11. The lowest BCUT2D eigenvalue weighted by Gasteiger charge is -2.34. The largest absolute Gasteiger partial charge is 0.369 e. The van der Waals surface area contributed by atoms with Gasteiger partial charge >= 0.3 is 0 Å². The lowest BCUT2D eigenvalue weighted by molar-refractivity contribution is 0.313. The van der Waals surface area contributed by atoms with E-state index in [1.807, 2.05) is 36.4 Å². The summed E-state index contributed by atoms with van der Waals surface area (Å²) in [6, 6.07) is 15.1. The summed E-state index contributed by atoms with van der Waals surface area (Å²) in [6.07, 6.45) is 6.29. The van der Waals surface area contributed by atoms with Gasteiger partial charge in [0.05, 0.1) is 4.90 Å². The van der Waals surface area contributed by atoms with Crippen molar-refractivity contribution in [2.75, 3.05) is 42.8 Å². The fourth-order valence-corrected chi connectivity index (χ4v) is 5.43. The van der Waals surface area contributed by atoms with Crippen molar-refractivity contribution in [3.63, 3.8) is 0 Å². The molecule has 1 aliphatic carbocycles. The molecule has 2 fully saturated rings. The standard InChI is InChI=1S/C23H31N3O2S/c1-25-15-17-26(18-16-25)22-11-9-21(10-12-22)24-29(27,28)23-13-7-20(8-14-23)19-5-3-2-4-6-19/h7-14,19,24H,2-6,15-18H2,1H3. The zero-order chi connectivity index (χ0) is 20.3. The smallest absolute Gasteiger partial charge is 0.261 e. The van der Waals surface area contributed by atoms with Crippen LogP contribution in [0.4, 0.5) is 11.4 Å². The van der Waals surface area contributed by atoms with Crippen LogP contribution in [-0.2, 0) is 10.0 Å². The number of benzene rings is 2. The Balaban J connectivity index is 1.41. The third-order valence-electron chi connectivity index (χ3n) is 6.25. The maximum absolute atomic E-state index is 12.8. The molecule has 1 aliphatic heterocycles. The topological polar surface area (TPSA) is 52.6 Å². The third kappa shape index (κ3) is 4.93. The summed E-state index contributed by atoms with van der Waals surface area (Å²) in [6.45, 7) is 4.08. The van der Waals surface area contributed by atoms with Gasteiger partial charge in [-0.15, -0.1) is 0 Å². The summed E-state index contributed by atoms with van der Waals surface area (Å²) in [4.78, 5) is 4.97. The van der Waals surface area contributed by atoms with E-state index in [2.05, 4.69) is 21.6 Å². The molecule has 2 aromatic rings. The van der Waals surface area contributed by atoms with E-state index < -0.39 is 10.0 Å². The summed E-state index contributed by atoms with van der Waals surface area (Å²) in [5, 5.41) is 0. The van der Waals surface area contributed by atoms with Gasteiger partial charge in [-0.25, -0.2) is 8.42 Å². The van der Waals surface area contributed by atoms with E-state index in [0.717, 1.165) is 31.9 Å². The Morgan fingerprint density at radius 3 is 2.07 bits per heavy atom. The molecule has 156 valence electrons. The number of likely N-dealkylation sites (N-methyl/N-ethyl adjacent to an activating group) is 1. The van der Waals surface area contributed by atoms with Gasteiger partial charge in [-0.3, -0.25) is 4.72 Å². The van der Waals surface area contributed by atoms with Crippen molar-refractivity contribution in [3.05, 3.63) is 54.1 Å². The number of hydrogen-bond acceptors (Lipinski definition) is 4. The summed E-state index contributed by atoms with van der Waals surface area (Å²) in [5.74, 6) is 0.579. The van der Waals surface area contributed by atoms with Crippen LogP contribution >= 0.6 is 0 Å². The molecule has 0 unspecified atom stereocenters. The van der Waals surface area contributed by atoms with Gasteiger partial charge in [0.25, 0.3) is 10.0 Å². The van der Waals surface area contributed by atoms with E-state index in [9.17, 15) is 8.42 Å². The van der Waals surface area contributed by atoms with Crippen LogP contribution in [0, 0.1) is 0 Å². The fraction of sp³-hybridized carbons (Fsp3) is 0.478. The lowest BCUT2D eigenvalue weighted by atomic mass is 9.84. The third-order valence-corrected chi connectivity index (χ3v) is 7.65. The van der Waals surface area contributed by atoms with Crippen LogP contribution in [-0.4, -0.2) is 46.5 Å². The zero-order valence-electron chi connectivity index (χ0n) is 17.2. The quantitative estimate of drug-likeness (QED) is 0.795. The molecule has 4 rings (SSSR count). The molecule has 0 bridgehead atoms. The van der Waals surface area contributed by atoms with Crippen LogP contribution in [0.3, 0.4) is 0 Å². The molecule has 1 N–H and O–H groups in total. The molecular weight excluding hydrogens is 382 g/mol. The summed E-state index contributed by atoms with van der Waals surface area (Å²) in [5.41, 5.74) is 3.00. The molecule has 0 atom stereocenters. The molecular formula is C23H31N3O2S. The Hall–Kier alpha value is -2.05. The predicted molar refractivity (Wildman–Crippen MR) is 119 cm³/mol. The Labute approximate surface area is 174 Å². The van der Waals surface area contributed by atoms with E-state index in [4.69, 9.17) is 0 Å². The highest BCUT2D eigenvalue weighted by molar-refractivity contribution is 7.92. The number of rotatable bonds is 5. The van der Waals surface area contributed by atoms with Crippen LogP contribution in [0.1, 0.15) is 43.6 Å². The van der Waals surface area contributed by atoms with E-state index in [1.165, 1.54) is 37.7 Å². The van der Waals surface area contributed by atoms with Crippen molar-refractivity contribution in [1.82, 2.24) is 4.90 Å². The monoisotopic (exact) mass is 413 g/mol. The molecule has 0 spiro atoms. The van der Waals surface area contributed by atoms with E-state index >= 15 is 0 Å². The second kappa shape index (κ2) is 8.76. The van der Waals surface area contributed by atoms with Crippen molar-refractivity contribution in [2.45, 2.75) is 42.9 Å². The normalized spacial score (nSPS) is 19.3. The molecule has 0 radical (unpaired) electrons. The molecule has 29 heavy (non-hydrogen) atoms. The molecule has 2 aromatic carbocycles. The number of piperazine rings is 1. The Morgan fingerprint density at radius 1 is 0.828 bits per heavy atom. The second-order valence-electron chi connectivity index (χ2n) is 8.35. The van der Waals surface area contributed by atoms with Gasteiger partial charge in [-0.2, -0.15) is 0 Å². The molecule has 1 saturated carbocycles. The summed E-state index contributed by atoms with van der Waals surface area (Å²) in [7, 11) is -1.44. The maximum atomic E-state index is 12.8. The average Bonchev–Trinajstić information content (AvgIpc) is 2.75. The number of nitrogens with one attached hydrogen (secondary N) is 1. The van der Waals surface area contributed by atoms with Crippen molar-refractivity contribution >= 4 is 21.4 Å². The van der Waals surface area contributed by atoms with Crippen molar-refractivity contribution in [3.8, 4) is 0 Å². The molecule has 5 nitrogen and oxygen atoms in total. The highest BCUT2D eigenvalue weighted by Crippen LogP contribution is 2.33. The second-order valence-corrected chi connectivity index (χ2v) is 10.0. The van der Waals surface area contributed by atoms with Gasteiger partial charge in [-0.05, 0) is 67.8 Å². The lowest BCUT2D eigenvalue weighted by Crippen LogP contribution is -2.44. The van der Waals surface area contributed by atoms with E-state index in [1.54, 1.807) is 12.1 Å². The SMILES string of the molecule is CN1CCN(c2ccc(NS(=O)(=O)c3ccc(C4CCCCC4)cc3)cc2)CC1. The van der Waals surface area contributed by atoms with Gasteiger partial charge in [0.1, 0.15) is 0 Å². The molecule has 1 heterocycles. The van der Waals surface area contributed by atoms with Gasteiger partial charge in [0.15, 0.2) is 0 Å². The molecule has 0 aromatic heterocycles. The molecule has 2 aliphatic rings. The minimum absolute atomic E-state index is 0.320. The average molecular weight is 414 g/mol. The number of hydrogen-bond donors (Lipinski definition) is 1. The summed E-state index contributed by atoms with van der Waals surface area (Å²) < 4.78 is 28.3. The molecule has 0 amide bonds. The van der Waals surface area contributed by atoms with Gasteiger partial charge in [0.2, 0.25) is 0 Å². The van der Waals surface area contributed by atoms with Crippen LogP contribution in [0.25, 0.3) is 0 Å². The van der Waals surface area contributed by atoms with Gasteiger partial charge in [0, 0.05) is 37.6 Å². The minimum atomic E-state index is -3.58.